The Bertz CT molecular complexity index is 11.0. The Labute approximate surface area is 101 Å². The van der Waals surface area contributed by atoms with E-state index in [0.29, 0.717) is 0 Å². The van der Waals surface area contributed by atoms with E-state index in [-0.39, 0.29) is 102 Å². The summed E-state index contributed by atoms with van der Waals surface area (Å²) in [6.45, 7) is 0. The Morgan fingerprint density at radius 3 is 0.333 bits per heavy atom. The summed E-state index contributed by atoms with van der Waals surface area (Å²) >= 11 is 0. The molecule has 0 atom stereocenters. The van der Waals surface area contributed by atoms with Crippen molar-refractivity contribution < 1.29 is 64.7 Å². The van der Waals surface area contributed by atoms with Gasteiger partial charge in [-0.15, -0.1) is 0 Å². The molecule has 9 heteroatoms. The normalized spacial score (nSPS) is 0. The molecule has 9 heavy (non-hydrogen) atoms. The topological polar surface area (TPSA) is 210 Å². The summed E-state index contributed by atoms with van der Waals surface area (Å²) in [5.41, 5.74) is 0. The zero-order valence-electron chi connectivity index (χ0n) is 5.33. The smallest absolute Gasteiger partial charge is 1.00 e. The molecule has 0 heterocycles. The fourth-order valence-corrected chi connectivity index (χ4v) is 0. The summed E-state index contributed by atoms with van der Waals surface area (Å²) in [5.74, 6) is 0. The molecule has 0 aliphatic rings. The van der Waals surface area contributed by atoms with E-state index < -0.39 is 0 Å². The van der Waals surface area contributed by atoms with Gasteiger partial charge in [0.25, 0.3) is 0 Å². The Morgan fingerprint density at radius 1 is 0.333 bits per heavy atom. The molecular weight excluding hydrogens is 397 g/mol. The average Bonchev–Trinajstić information content (AvgIpc) is 0. The molecule has 0 saturated carbocycles. The second-order valence-corrected chi connectivity index (χ2v) is 0. The molecule has 0 aromatic carbocycles. The Balaban J connectivity index is 0. The fraction of sp³-hybridized carbons (Fsp3) is 0. The minimum atomic E-state index is 0. The van der Waals surface area contributed by atoms with E-state index in [2.05, 4.69) is 0 Å². The largest absolute Gasteiger partial charge is 2.00 e. The number of hydrogen-bond donors (Lipinski definition) is 6. The maximum Gasteiger partial charge on any atom is 2.00 e. The van der Waals surface area contributed by atoms with Gasteiger partial charge in [-0.3, -0.25) is 0 Å². The minimum absolute atomic E-state index is 0. The third kappa shape index (κ3) is 195. The van der Waals surface area contributed by atoms with Crippen LogP contribution in [0.4, 0.5) is 0 Å². The van der Waals surface area contributed by atoms with E-state index in [0.717, 1.165) is 0 Å². The van der Waals surface area contributed by atoms with Crippen LogP contribution in [0.25, 0.3) is 0 Å². The van der Waals surface area contributed by atoms with Crippen molar-refractivity contribution in [3.63, 3.8) is 0 Å². The maximum absolute atomic E-state index is 0. The molecule has 1 radical (unpaired) electrons. The van der Waals surface area contributed by atoms with E-state index in [9.17, 15) is 0 Å². The van der Waals surface area contributed by atoms with Crippen molar-refractivity contribution in [2.75, 3.05) is 0 Å². The SMILES string of the molecule is N.N.N.N.N.N.[Co+2].[I-].[I-]. The van der Waals surface area contributed by atoms with Crippen LogP contribution in [0.3, 0.4) is 0 Å². The van der Waals surface area contributed by atoms with Gasteiger partial charge < -0.3 is 84.9 Å². The van der Waals surface area contributed by atoms with Gasteiger partial charge in [-0.25, -0.2) is 0 Å². The van der Waals surface area contributed by atoms with Gasteiger partial charge in [0.2, 0.25) is 0 Å². The predicted molar refractivity (Wildman–Crippen MR) is 30.1 cm³/mol. The molecule has 0 aliphatic heterocycles. The molecule has 0 amide bonds. The molecule has 0 rings (SSSR count). The van der Waals surface area contributed by atoms with Gasteiger partial charge in [-0.2, -0.15) is 0 Å². The summed E-state index contributed by atoms with van der Waals surface area (Å²) in [6, 6.07) is 0. The Kier molecular flexibility index (Phi) is 9400. The molecule has 71 valence electrons. The zero-order valence-corrected chi connectivity index (χ0v) is 10.7. The molecule has 6 nitrogen and oxygen atoms in total. The van der Waals surface area contributed by atoms with Crippen LogP contribution in [0, 0.1) is 0 Å². The van der Waals surface area contributed by atoms with Crippen LogP contribution in [-0.2, 0) is 16.8 Å². The van der Waals surface area contributed by atoms with E-state index in [4.69, 9.17) is 0 Å². The summed E-state index contributed by atoms with van der Waals surface area (Å²) in [6.07, 6.45) is 0. The van der Waals surface area contributed by atoms with Crippen LogP contribution < -0.4 is 84.9 Å². The van der Waals surface area contributed by atoms with E-state index >= 15 is 0 Å². The predicted octanol–water partition coefficient (Wildman–Crippen LogP) is -5.02. The van der Waals surface area contributed by atoms with Crippen molar-refractivity contribution in [2.24, 2.45) is 0 Å². The van der Waals surface area contributed by atoms with Crippen molar-refractivity contribution in [1.82, 2.24) is 36.9 Å². The zero-order chi connectivity index (χ0) is 0. The summed E-state index contributed by atoms with van der Waals surface area (Å²) < 4.78 is 0. The van der Waals surface area contributed by atoms with Crippen LogP contribution in [0.15, 0.2) is 0 Å². The standard InChI is InChI=1S/Co.2HI.6H3N/h;2*1H;6*1H3/q+2;;;;;;;;/p-2. The summed E-state index contributed by atoms with van der Waals surface area (Å²) in [7, 11) is 0. The second-order valence-electron chi connectivity index (χ2n) is 0. The van der Waals surface area contributed by atoms with Crippen LogP contribution in [0.2, 0.25) is 0 Å². The quantitative estimate of drug-likeness (QED) is 0.213. The molecule has 18 N–H and O–H groups in total. The monoisotopic (exact) mass is 415 g/mol. The summed E-state index contributed by atoms with van der Waals surface area (Å²) in [4.78, 5) is 0. The molecular formula is H18CoI2N6. The van der Waals surface area contributed by atoms with Gasteiger partial charge in [0.05, 0.1) is 0 Å². The first-order chi connectivity index (χ1) is 0. The third-order valence-corrected chi connectivity index (χ3v) is 0. The number of halogens is 2. The van der Waals surface area contributed by atoms with Gasteiger partial charge in [-0.1, -0.05) is 0 Å². The Hall–Kier alpha value is 1.73. The molecule has 0 aromatic heterocycles. The average molecular weight is 415 g/mol. The van der Waals surface area contributed by atoms with Gasteiger partial charge >= 0.3 is 16.8 Å². The van der Waals surface area contributed by atoms with Crippen molar-refractivity contribution in [1.29, 1.82) is 0 Å². The van der Waals surface area contributed by atoms with Gasteiger partial charge in [-0.05, 0) is 0 Å². The van der Waals surface area contributed by atoms with Crippen LogP contribution in [0.1, 0.15) is 0 Å². The van der Waals surface area contributed by atoms with Crippen molar-refractivity contribution in [3.8, 4) is 0 Å². The van der Waals surface area contributed by atoms with Crippen LogP contribution in [-0.4, -0.2) is 0 Å². The molecule has 0 aliphatic carbocycles. The minimum Gasteiger partial charge on any atom is -1.00 e. The molecule has 0 bridgehead atoms. The molecule has 0 spiro atoms. The van der Waals surface area contributed by atoms with E-state index in [1.807, 2.05) is 0 Å². The molecule has 0 aromatic rings. The third-order valence-electron chi connectivity index (χ3n) is 0. The first kappa shape index (κ1) is 340. The van der Waals surface area contributed by atoms with E-state index in [1.54, 1.807) is 0 Å². The van der Waals surface area contributed by atoms with Gasteiger partial charge in [0.15, 0.2) is 0 Å². The van der Waals surface area contributed by atoms with Crippen molar-refractivity contribution in [3.05, 3.63) is 0 Å². The van der Waals surface area contributed by atoms with Crippen molar-refractivity contribution in [2.45, 2.75) is 0 Å². The number of rotatable bonds is 0. The van der Waals surface area contributed by atoms with Crippen molar-refractivity contribution >= 4 is 0 Å². The summed E-state index contributed by atoms with van der Waals surface area (Å²) in [5, 5.41) is 0. The maximum atomic E-state index is 0. The van der Waals surface area contributed by atoms with E-state index in [1.165, 1.54) is 0 Å². The van der Waals surface area contributed by atoms with Gasteiger partial charge in [0, 0.05) is 0 Å². The first-order valence-electron chi connectivity index (χ1n) is 0. The second kappa shape index (κ2) is 248. The fourth-order valence-electron chi connectivity index (χ4n) is 0. The first-order valence-corrected chi connectivity index (χ1v) is 0. The molecule has 0 fully saturated rings. The van der Waals surface area contributed by atoms with Crippen LogP contribution in [0.5, 0.6) is 0 Å². The van der Waals surface area contributed by atoms with Gasteiger partial charge in [0.1, 0.15) is 0 Å². The van der Waals surface area contributed by atoms with Crippen LogP contribution >= 0.6 is 0 Å². The Morgan fingerprint density at radius 2 is 0.333 bits per heavy atom. The molecule has 0 unspecified atom stereocenters. The molecule has 0 saturated heterocycles. The number of hydrogen-bond acceptors (Lipinski definition) is 6.